The monoisotopic (exact) mass is 407 g/mol. The van der Waals surface area contributed by atoms with Crippen LogP contribution in [0.4, 0.5) is 5.69 Å². The molecule has 1 unspecified atom stereocenters. The highest BCUT2D eigenvalue weighted by Crippen LogP contribution is 2.21. The number of nitrogens with one attached hydrogen (secondary N) is 1. The summed E-state index contributed by atoms with van der Waals surface area (Å²) in [5.74, 6) is -0.284. The molecule has 2 saturated heterocycles. The average Bonchev–Trinajstić information content (AvgIpc) is 3.15. The number of carbonyl (C=O) groups excluding carboxylic acids is 2. The molecule has 0 aromatic heterocycles. The number of hydrogen-bond acceptors (Lipinski definition) is 4. The molecule has 0 aliphatic carbocycles. The molecule has 30 heavy (non-hydrogen) atoms. The van der Waals surface area contributed by atoms with E-state index in [-0.39, 0.29) is 24.2 Å². The van der Waals surface area contributed by atoms with E-state index in [2.05, 4.69) is 34.5 Å². The van der Waals surface area contributed by atoms with Crippen LogP contribution in [-0.4, -0.2) is 49.6 Å². The van der Waals surface area contributed by atoms with Gasteiger partial charge in [-0.15, -0.1) is 0 Å². The topological polar surface area (TPSA) is 61.9 Å². The highest BCUT2D eigenvalue weighted by molar-refractivity contribution is 5.89. The van der Waals surface area contributed by atoms with Gasteiger partial charge in [-0.3, -0.25) is 9.59 Å². The van der Waals surface area contributed by atoms with Gasteiger partial charge >= 0.3 is 0 Å². The predicted octanol–water partition coefficient (Wildman–Crippen LogP) is 2.50. The zero-order valence-corrected chi connectivity index (χ0v) is 17.5. The van der Waals surface area contributed by atoms with Crippen molar-refractivity contribution in [2.24, 2.45) is 5.92 Å². The van der Waals surface area contributed by atoms with Crippen molar-refractivity contribution in [1.82, 2.24) is 10.2 Å². The van der Waals surface area contributed by atoms with Gasteiger partial charge in [0.05, 0.1) is 19.1 Å². The van der Waals surface area contributed by atoms with Gasteiger partial charge in [-0.2, -0.15) is 0 Å². The van der Waals surface area contributed by atoms with Crippen LogP contribution in [-0.2, 0) is 27.4 Å². The maximum absolute atomic E-state index is 12.6. The van der Waals surface area contributed by atoms with Crippen molar-refractivity contribution >= 4 is 17.5 Å². The molecule has 6 heteroatoms. The van der Waals surface area contributed by atoms with E-state index >= 15 is 0 Å². The number of likely N-dealkylation sites (tertiary alicyclic amines) is 1. The molecular weight excluding hydrogens is 378 g/mol. The third-order valence-electron chi connectivity index (χ3n) is 5.86. The molecule has 2 aromatic rings. The summed E-state index contributed by atoms with van der Waals surface area (Å²) in [6.07, 6.45) is 0.285. The molecule has 1 atom stereocenters. The lowest BCUT2D eigenvalue weighted by Gasteiger charge is -2.28. The maximum atomic E-state index is 12.6. The maximum Gasteiger partial charge on any atom is 0.225 e. The fourth-order valence-corrected chi connectivity index (χ4v) is 3.99. The number of amides is 2. The van der Waals surface area contributed by atoms with Crippen LogP contribution < -0.4 is 10.2 Å². The van der Waals surface area contributed by atoms with Crippen molar-refractivity contribution in [3.05, 3.63) is 65.2 Å². The predicted molar refractivity (Wildman–Crippen MR) is 116 cm³/mol. The van der Waals surface area contributed by atoms with Crippen molar-refractivity contribution in [1.29, 1.82) is 0 Å². The summed E-state index contributed by atoms with van der Waals surface area (Å²) in [4.78, 5) is 29.1. The molecule has 2 amide bonds. The lowest BCUT2D eigenvalue weighted by atomic mass is 10.1. The van der Waals surface area contributed by atoms with Gasteiger partial charge in [-0.25, -0.2) is 0 Å². The summed E-state index contributed by atoms with van der Waals surface area (Å²) in [7, 11) is 0. The van der Waals surface area contributed by atoms with E-state index in [1.807, 2.05) is 31.2 Å². The SMILES string of the molecule is Cc1ccc(CN2CC(C(=O)NCc3ccc(N4CCOCC4)cc3)CC2=O)cc1. The van der Waals surface area contributed by atoms with Crippen LogP contribution in [0.2, 0.25) is 0 Å². The van der Waals surface area contributed by atoms with Gasteiger partial charge in [0.25, 0.3) is 0 Å². The Hall–Kier alpha value is -2.86. The minimum Gasteiger partial charge on any atom is -0.378 e. The van der Waals surface area contributed by atoms with Crippen molar-refractivity contribution in [3.63, 3.8) is 0 Å². The van der Waals surface area contributed by atoms with Gasteiger partial charge < -0.3 is 19.9 Å². The second-order valence-corrected chi connectivity index (χ2v) is 8.14. The van der Waals surface area contributed by atoms with Gasteiger partial charge in [0.2, 0.25) is 11.8 Å². The molecule has 2 heterocycles. The summed E-state index contributed by atoms with van der Waals surface area (Å²) in [5.41, 5.74) is 4.53. The number of aryl methyl sites for hydroxylation is 1. The highest BCUT2D eigenvalue weighted by Gasteiger charge is 2.34. The van der Waals surface area contributed by atoms with Gasteiger partial charge in [-0.05, 0) is 30.2 Å². The third kappa shape index (κ3) is 5.00. The van der Waals surface area contributed by atoms with E-state index in [0.717, 1.165) is 37.4 Å². The van der Waals surface area contributed by atoms with Crippen LogP contribution in [0.5, 0.6) is 0 Å². The highest BCUT2D eigenvalue weighted by atomic mass is 16.5. The second-order valence-electron chi connectivity index (χ2n) is 8.14. The Morgan fingerprint density at radius 3 is 2.40 bits per heavy atom. The molecule has 2 aromatic carbocycles. The minimum atomic E-state index is -0.282. The van der Waals surface area contributed by atoms with E-state index in [1.54, 1.807) is 4.90 Å². The first-order valence-electron chi connectivity index (χ1n) is 10.6. The molecule has 2 aliphatic rings. The number of anilines is 1. The molecule has 0 bridgehead atoms. The molecule has 4 rings (SSSR count). The molecule has 6 nitrogen and oxygen atoms in total. The van der Waals surface area contributed by atoms with Crippen molar-refractivity contribution in [2.75, 3.05) is 37.7 Å². The van der Waals surface area contributed by atoms with E-state index in [9.17, 15) is 9.59 Å². The number of morpholine rings is 1. The molecule has 2 aliphatic heterocycles. The van der Waals surface area contributed by atoms with E-state index < -0.39 is 0 Å². The quantitative estimate of drug-likeness (QED) is 0.799. The number of rotatable bonds is 6. The Morgan fingerprint density at radius 1 is 1.03 bits per heavy atom. The molecular formula is C24H29N3O3. The third-order valence-corrected chi connectivity index (χ3v) is 5.86. The summed E-state index contributed by atoms with van der Waals surface area (Å²) < 4.78 is 5.39. The number of nitrogens with zero attached hydrogens (tertiary/aromatic N) is 2. The van der Waals surface area contributed by atoms with Gasteiger partial charge in [0.1, 0.15) is 0 Å². The number of hydrogen-bond donors (Lipinski definition) is 1. The lowest BCUT2D eigenvalue weighted by Crippen LogP contribution is -2.36. The molecule has 0 spiro atoms. The average molecular weight is 408 g/mol. The molecule has 2 fully saturated rings. The van der Waals surface area contributed by atoms with Crippen LogP contribution >= 0.6 is 0 Å². The Kier molecular flexibility index (Phi) is 6.33. The fraction of sp³-hybridized carbons (Fsp3) is 0.417. The second kappa shape index (κ2) is 9.30. The van der Waals surface area contributed by atoms with Crippen LogP contribution in [0.1, 0.15) is 23.1 Å². The number of benzene rings is 2. The normalized spacial score (nSPS) is 19.2. The van der Waals surface area contributed by atoms with Gasteiger partial charge in [0.15, 0.2) is 0 Å². The Bertz CT molecular complexity index is 874. The van der Waals surface area contributed by atoms with Crippen molar-refractivity contribution in [2.45, 2.75) is 26.4 Å². The van der Waals surface area contributed by atoms with E-state index in [0.29, 0.717) is 19.6 Å². The zero-order valence-electron chi connectivity index (χ0n) is 17.5. The zero-order chi connectivity index (χ0) is 20.9. The van der Waals surface area contributed by atoms with Crippen molar-refractivity contribution < 1.29 is 14.3 Å². The summed E-state index contributed by atoms with van der Waals surface area (Å²) in [6, 6.07) is 16.5. The molecule has 0 saturated carbocycles. The van der Waals surface area contributed by atoms with Crippen LogP contribution in [0.15, 0.2) is 48.5 Å². The van der Waals surface area contributed by atoms with Crippen LogP contribution in [0.25, 0.3) is 0 Å². The number of carbonyl (C=O) groups is 2. The molecule has 158 valence electrons. The van der Waals surface area contributed by atoms with Crippen LogP contribution in [0.3, 0.4) is 0 Å². The van der Waals surface area contributed by atoms with Crippen molar-refractivity contribution in [3.8, 4) is 0 Å². The summed E-state index contributed by atoms with van der Waals surface area (Å²) in [5, 5.41) is 3.00. The van der Waals surface area contributed by atoms with Gasteiger partial charge in [-0.1, -0.05) is 42.0 Å². The van der Waals surface area contributed by atoms with Gasteiger partial charge in [0, 0.05) is 44.8 Å². The Morgan fingerprint density at radius 2 is 1.70 bits per heavy atom. The minimum absolute atomic E-state index is 0.0468. The van der Waals surface area contributed by atoms with Crippen LogP contribution in [0, 0.1) is 12.8 Å². The Labute approximate surface area is 177 Å². The van der Waals surface area contributed by atoms with E-state index in [4.69, 9.17) is 4.74 Å². The van der Waals surface area contributed by atoms with E-state index in [1.165, 1.54) is 11.3 Å². The Balaban J connectivity index is 1.26. The first-order valence-corrected chi connectivity index (χ1v) is 10.6. The first-order chi connectivity index (χ1) is 14.6. The smallest absolute Gasteiger partial charge is 0.225 e. The standard InChI is InChI=1S/C24H29N3O3/c1-18-2-4-20(5-3-18)16-27-17-21(14-23(27)28)24(29)25-15-19-6-8-22(9-7-19)26-10-12-30-13-11-26/h2-9,21H,10-17H2,1H3,(H,25,29). The first kappa shape index (κ1) is 20.4. The lowest BCUT2D eigenvalue weighted by molar-refractivity contribution is -0.129. The fourth-order valence-electron chi connectivity index (χ4n) is 3.99. The molecule has 0 radical (unpaired) electrons. The molecule has 1 N–H and O–H groups in total. The summed E-state index contributed by atoms with van der Waals surface area (Å²) >= 11 is 0. The number of ether oxygens (including phenoxy) is 1. The summed E-state index contributed by atoms with van der Waals surface area (Å²) in [6.45, 7) is 6.90. The largest absolute Gasteiger partial charge is 0.378 e.